The maximum Gasteiger partial charge on any atom is 0.111 e. The number of terminal acetylenes is 1. The van der Waals surface area contributed by atoms with Crippen LogP contribution in [-0.4, -0.2) is 24.7 Å². The molecule has 0 saturated heterocycles. The number of halogens is 1. The molecule has 1 unspecified atom stereocenters. The van der Waals surface area contributed by atoms with E-state index in [4.69, 9.17) is 6.42 Å². The standard InChI is InChI=1S/C12H14FN/c1-3-14(2)12(10-13)9-11-7-5-4-6-8-11/h1,4-8,12H,9-10H2,2H3. The average Bonchev–Trinajstić information content (AvgIpc) is 2.26. The Balaban J connectivity index is 2.63. The molecule has 1 nitrogen and oxygen atoms in total. The van der Waals surface area contributed by atoms with Gasteiger partial charge in [0.1, 0.15) is 6.67 Å². The van der Waals surface area contributed by atoms with Gasteiger partial charge in [-0.25, -0.2) is 4.39 Å². The molecule has 1 aromatic carbocycles. The Morgan fingerprint density at radius 2 is 2.07 bits per heavy atom. The smallest absolute Gasteiger partial charge is 0.111 e. The molecule has 0 fully saturated rings. The second-order valence-electron chi connectivity index (χ2n) is 3.24. The van der Waals surface area contributed by atoms with Gasteiger partial charge >= 0.3 is 0 Å². The van der Waals surface area contributed by atoms with Crippen molar-refractivity contribution in [3.05, 3.63) is 35.9 Å². The van der Waals surface area contributed by atoms with Crippen LogP contribution >= 0.6 is 0 Å². The van der Waals surface area contributed by atoms with Crippen molar-refractivity contribution in [2.24, 2.45) is 0 Å². The molecule has 0 heterocycles. The zero-order valence-corrected chi connectivity index (χ0v) is 8.28. The summed E-state index contributed by atoms with van der Waals surface area (Å²) in [6, 6.07) is 12.0. The summed E-state index contributed by atoms with van der Waals surface area (Å²) in [5.74, 6) is 0. The zero-order chi connectivity index (χ0) is 10.4. The van der Waals surface area contributed by atoms with Gasteiger partial charge in [-0.3, -0.25) is 0 Å². The second kappa shape index (κ2) is 5.29. The van der Waals surface area contributed by atoms with Gasteiger partial charge in [-0.05, 0) is 12.0 Å². The maximum absolute atomic E-state index is 12.6. The van der Waals surface area contributed by atoms with Gasteiger partial charge in [0.25, 0.3) is 0 Å². The minimum Gasteiger partial charge on any atom is -0.330 e. The highest BCUT2D eigenvalue weighted by atomic mass is 19.1. The largest absolute Gasteiger partial charge is 0.330 e. The molecule has 14 heavy (non-hydrogen) atoms. The average molecular weight is 191 g/mol. The molecule has 0 saturated carbocycles. The Morgan fingerprint density at radius 3 is 2.57 bits per heavy atom. The molecule has 0 aromatic heterocycles. The lowest BCUT2D eigenvalue weighted by molar-refractivity contribution is 0.274. The van der Waals surface area contributed by atoms with Crippen molar-refractivity contribution in [1.82, 2.24) is 4.90 Å². The fraction of sp³-hybridized carbons (Fsp3) is 0.333. The van der Waals surface area contributed by atoms with Crippen LogP contribution in [-0.2, 0) is 6.42 Å². The molecule has 2 heteroatoms. The summed E-state index contributed by atoms with van der Waals surface area (Å²) in [7, 11) is 1.73. The van der Waals surface area contributed by atoms with Crippen LogP contribution < -0.4 is 0 Å². The van der Waals surface area contributed by atoms with E-state index in [9.17, 15) is 4.39 Å². The fourth-order valence-electron chi connectivity index (χ4n) is 1.29. The molecule has 0 aliphatic rings. The van der Waals surface area contributed by atoms with Crippen molar-refractivity contribution in [2.75, 3.05) is 13.7 Å². The van der Waals surface area contributed by atoms with Crippen LogP contribution in [0, 0.1) is 12.5 Å². The van der Waals surface area contributed by atoms with E-state index in [1.165, 1.54) is 0 Å². The summed E-state index contributed by atoms with van der Waals surface area (Å²) in [6.07, 6.45) is 5.86. The molecule has 1 atom stereocenters. The number of nitrogens with zero attached hydrogens (tertiary/aromatic N) is 1. The van der Waals surface area contributed by atoms with Crippen LogP contribution in [0.2, 0.25) is 0 Å². The molecule has 1 aromatic rings. The summed E-state index contributed by atoms with van der Waals surface area (Å²) in [5, 5.41) is 0. The molecule has 0 N–H and O–H groups in total. The van der Waals surface area contributed by atoms with Gasteiger partial charge in [-0.1, -0.05) is 36.8 Å². The predicted octanol–water partition coefficient (Wildman–Crippen LogP) is 2.09. The number of benzene rings is 1. The summed E-state index contributed by atoms with van der Waals surface area (Å²) in [6.45, 7) is -0.421. The van der Waals surface area contributed by atoms with Gasteiger partial charge in [0.05, 0.1) is 6.04 Å². The molecular weight excluding hydrogens is 177 g/mol. The number of hydrogen-bond donors (Lipinski definition) is 0. The quantitative estimate of drug-likeness (QED) is 0.520. The lowest BCUT2D eigenvalue weighted by Crippen LogP contribution is -2.31. The van der Waals surface area contributed by atoms with Gasteiger partial charge in [-0.15, -0.1) is 0 Å². The Labute approximate surface area is 84.5 Å². The minimum absolute atomic E-state index is 0.220. The van der Waals surface area contributed by atoms with Crippen LogP contribution in [0.5, 0.6) is 0 Å². The molecule has 0 aliphatic heterocycles. The molecular formula is C12H14FN. The lowest BCUT2D eigenvalue weighted by Gasteiger charge is -2.21. The summed E-state index contributed by atoms with van der Waals surface area (Å²) in [5.41, 5.74) is 1.11. The van der Waals surface area contributed by atoms with Gasteiger partial charge in [-0.2, -0.15) is 0 Å². The third-order valence-electron chi connectivity index (χ3n) is 2.24. The van der Waals surface area contributed by atoms with E-state index in [2.05, 4.69) is 6.04 Å². The molecule has 0 bridgehead atoms. The lowest BCUT2D eigenvalue weighted by atomic mass is 10.1. The summed E-state index contributed by atoms with van der Waals surface area (Å²) >= 11 is 0. The first-order valence-electron chi connectivity index (χ1n) is 4.57. The maximum atomic E-state index is 12.6. The summed E-state index contributed by atoms with van der Waals surface area (Å²) < 4.78 is 12.6. The molecule has 1 rings (SSSR count). The Bertz CT molecular complexity index is 302. The number of likely N-dealkylation sites (N-methyl/N-ethyl adjacent to an activating group) is 1. The molecule has 0 amide bonds. The molecule has 0 radical (unpaired) electrons. The third kappa shape index (κ3) is 2.77. The predicted molar refractivity (Wildman–Crippen MR) is 56.5 cm³/mol. The van der Waals surface area contributed by atoms with Crippen LogP contribution in [0.25, 0.3) is 0 Å². The van der Waals surface area contributed by atoms with Crippen molar-refractivity contribution in [3.63, 3.8) is 0 Å². The van der Waals surface area contributed by atoms with Crippen molar-refractivity contribution in [1.29, 1.82) is 0 Å². The number of alkyl halides is 1. The topological polar surface area (TPSA) is 3.24 Å². The summed E-state index contributed by atoms with van der Waals surface area (Å²) in [4.78, 5) is 1.58. The highest BCUT2D eigenvalue weighted by Crippen LogP contribution is 2.07. The van der Waals surface area contributed by atoms with Crippen LogP contribution in [0.15, 0.2) is 30.3 Å². The normalized spacial score (nSPS) is 11.8. The van der Waals surface area contributed by atoms with Crippen molar-refractivity contribution >= 4 is 0 Å². The Kier molecular flexibility index (Phi) is 4.00. The fourth-order valence-corrected chi connectivity index (χ4v) is 1.29. The van der Waals surface area contributed by atoms with Gasteiger partial charge in [0.2, 0.25) is 0 Å². The van der Waals surface area contributed by atoms with E-state index < -0.39 is 6.67 Å². The van der Waals surface area contributed by atoms with Crippen LogP contribution in [0.3, 0.4) is 0 Å². The first-order valence-corrected chi connectivity index (χ1v) is 4.57. The highest BCUT2D eigenvalue weighted by molar-refractivity contribution is 5.16. The van der Waals surface area contributed by atoms with E-state index in [0.29, 0.717) is 6.42 Å². The van der Waals surface area contributed by atoms with Crippen molar-refractivity contribution < 1.29 is 4.39 Å². The minimum atomic E-state index is -0.421. The SMILES string of the molecule is C#CN(C)C(CF)Cc1ccccc1. The monoisotopic (exact) mass is 191 g/mol. The van der Waals surface area contributed by atoms with E-state index >= 15 is 0 Å². The second-order valence-corrected chi connectivity index (χ2v) is 3.24. The van der Waals surface area contributed by atoms with E-state index in [0.717, 1.165) is 5.56 Å². The van der Waals surface area contributed by atoms with E-state index in [1.54, 1.807) is 11.9 Å². The van der Waals surface area contributed by atoms with Crippen molar-refractivity contribution in [2.45, 2.75) is 12.5 Å². The molecule has 74 valence electrons. The zero-order valence-electron chi connectivity index (χ0n) is 8.28. The number of hydrogen-bond acceptors (Lipinski definition) is 1. The van der Waals surface area contributed by atoms with Crippen molar-refractivity contribution in [3.8, 4) is 12.5 Å². The van der Waals surface area contributed by atoms with Crippen LogP contribution in [0.4, 0.5) is 4.39 Å². The third-order valence-corrected chi connectivity index (χ3v) is 2.24. The first kappa shape index (κ1) is 10.6. The highest BCUT2D eigenvalue weighted by Gasteiger charge is 2.12. The van der Waals surface area contributed by atoms with Gasteiger partial charge < -0.3 is 4.90 Å². The van der Waals surface area contributed by atoms with E-state index in [1.807, 2.05) is 30.3 Å². The molecule has 0 aliphatic carbocycles. The van der Waals surface area contributed by atoms with E-state index in [-0.39, 0.29) is 6.04 Å². The van der Waals surface area contributed by atoms with Gasteiger partial charge in [0.15, 0.2) is 0 Å². The Morgan fingerprint density at radius 1 is 1.43 bits per heavy atom. The first-order chi connectivity index (χ1) is 6.77. The number of rotatable bonds is 4. The Hall–Kier alpha value is -1.49. The van der Waals surface area contributed by atoms with Gasteiger partial charge in [0, 0.05) is 13.1 Å². The molecule has 0 spiro atoms. The van der Waals surface area contributed by atoms with Crippen LogP contribution in [0.1, 0.15) is 5.56 Å².